The zero-order valence-corrected chi connectivity index (χ0v) is 15.3. The SMILES string of the molecule is O=C(c1ccc2ccccc2n1)N1CCCC(CN2CCOCC2)CC1. The number of pyridine rings is 1. The molecule has 1 unspecified atom stereocenters. The molecule has 2 fully saturated rings. The van der Waals surface area contributed by atoms with Gasteiger partial charge in [0.15, 0.2) is 0 Å². The lowest BCUT2D eigenvalue weighted by Crippen LogP contribution is -2.39. The summed E-state index contributed by atoms with van der Waals surface area (Å²) in [5, 5.41) is 1.07. The van der Waals surface area contributed by atoms with Crippen LogP contribution in [-0.2, 0) is 4.74 Å². The van der Waals surface area contributed by atoms with Crippen molar-refractivity contribution in [2.45, 2.75) is 19.3 Å². The van der Waals surface area contributed by atoms with Crippen molar-refractivity contribution in [1.82, 2.24) is 14.8 Å². The molecule has 2 saturated heterocycles. The average Bonchev–Trinajstić information content (AvgIpc) is 2.93. The molecule has 0 aliphatic carbocycles. The Balaban J connectivity index is 1.38. The number of hydrogen-bond acceptors (Lipinski definition) is 4. The first-order chi connectivity index (χ1) is 12.8. The Bertz CT molecular complexity index is 758. The van der Waals surface area contributed by atoms with Gasteiger partial charge in [0, 0.05) is 38.1 Å². The second-order valence-corrected chi connectivity index (χ2v) is 7.39. The van der Waals surface area contributed by atoms with Crippen LogP contribution in [0.1, 0.15) is 29.8 Å². The first-order valence-corrected chi connectivity index (χ1v) is 9.75. The van der Waals surface area contributed by atoms with E-state index >= 15 is 0 Å². The van der Waals surface area contributed by atoms with Crippen LogP contribution in [0.4, 0.5) is 0 Å². The third-order valence-corrected chi connectivity index (χ3v) is 5.57. The highest BCUT2D eigenvalue weighted by Crippen LogP contribution is 2.21. The van der Waals surface area contributed by atoms with Gasteiger partial charge < -0.3 is 9.64 Å². The molecule has 1 aromatic heterocycles. The van der Waals surface area contributed by atoms with Crippen LogP contribution in [0.5, 0.6) is 0 Å². The molecule has 2 aliphatic heterocycles. The molecule has 2 aliphatic rings. The summed E-state index contributed by atoms with van der Waals surface area (Å²) in [6, 6.07) is 11.8. The minimum Gasteiger partial charge on any atom is -0.379 e. The van der Waals surface area contributed by atoms with Gasteiger partial charge in [-0.05, 0) is 37.3 Å². The normalized spacial score (nSPS) is 22.3. The lowest BCUT2D eigenvalue weighted by Gasteiger charge is -2.30. The first-order valence-electron chi connectivity index (χ1n) is 9.75. The number of likely N-dealkylation sites (tertiary alicyclic amines) is 1. The molecule has 1 atom stereocenters. The molecule has 0 spiro atoms. The van der Waals surface area contributed by atoms with E-state index in [0.29, 0.717) is 11.6 Å². The second kappa shape index (κ2) is 8.14. The summed E-state index contributed by atoms with van der Waals surface area (Å²) >= 11 is 0. The topological polar surface area (TPSA) is 45.7 Å². The largest absolute Gasteiger partial charge is 0.379 e. The van der Waals surface area contributed by atoms with Gasteiger partial charge in [0.25, 0.3) is 5.91 Å². The zero-order chi connectivity index (χ0) is 17.8. The lowest BCUT2D eigenvalue weighted by molar-refractivity contribution is 0.0296. The number of rotatable bonds is 3. The summed E-state index contributed by atoms with van der Waals surface area (Å²) in [6.07, 6.45) is 3.36. The lowest BCUT2D eigenvalue weighted by atomic mass is 10.00. The third kappa shape index (κ3) is 4.05. The average molecular weight is 353 g/mol. The van der Waals surface area contributed by atoms with Crippen molar-refractivity contribution in [2.24, 2.45) is 5.92 Å². The van der Waals surface area contributed by atoms with Crippen LogP contribution in [0.15, 0.2) is 36.4 Å². The van der Waals surface area contributed by atoms with Crippen LogP contribution in [-0.4, -0.2) is 66.6 Å². The summed E-state index contributed by atoms with van der Waals surface area (Å²) in [4.78, 5) is 22.0. The van der Waals surface area contributed by atoms with Crippen molar-refractivity contribution in [3.8, 4) is 0 Å². The van der Waals surface area contributed by atoms with Crippen molar-refractivity contribution < 1.29 is 9.53 Å². The highest BCUT2D eigenvalue weighted by molar-refractivity contribution is 5.94. The molecule has 3 heterocycles. The van der Waals surface area contributed by atoms with E-state index in [1.807, 2.05) is 41.3 Å². The maximum absolute atomic E-state index is 12.9. The number of fused-ring (bicyclic) bond motifs is 1. The van der Waals surface area contributed by atoms with Crippen molar-refractivity contribution in [1.29, 1.82) is 0 Å². The Hall–Kier alpha value is -1.98. The van der Waals surface area contributed by atoms with E-state index in [1.54, 1.807) is 0 Å². The van der Waals surface area contributed by atoms with E-state index in [1.165, 1.54) is 6.42 Å². The van der Waals surface area contributed by atoms with Crippen LogP contribution >= 0.6 is 0 Å². The monoisotopic (exact) mass is 353 g/mol. The number of aromatic nitrogens is 1. The van der Waals surface area contributed by atoms with Gasteiger partial charge in [-0.25, -0.2) is 4.98 Å². The Morgan fingerprint density at radius 1 is 1.04 bits per heavy atom. The highest BCUT2D eigenvalue weighted by Gasteiger charge is 2.24. The van der Waals surface area contributed by atoms with Crippen molar-refractivity contribution >= 4 is 16.8 Å². The molecule has 1 amide bonds. The molecule has 1 aromatic carbocycles. The van der Waals surface area contributed by atoms with Gasteiger partial charge in [0.2, 0.25) is 0 Å². The number of hydrogen-bond donors (Lipinski definition) is 0. The van der Waals surface area contributed by atoms with E-state index in [-0.39, 0.29) is 5.91 Å². The first kappa shape index (κ1) is 17.4. The van der Waals surface area contributed by atoms with Gasteiger partial charge in [0.1, 0.15) is 5.69 Å². The number of amides is 1. The zero-order valence-electron chi connectivity index (χ0n) is 15.3. The maximum atomic E-state index is 12.9. The summed E-state index contributed by atoms with van der Waals surface area (Å²) in [5.74, 6) is 0.748. The smallest absolute Gasteiger partial charge is 0.272 e. The molecule has 0 bridgehead atoms. The maximum Gasteiger partial charge on any atom is 0.272 e. The van der Waals surface area contributed by atoms with E-state index < -0.39 is 0 Å². The Kier molecular flexibility index (Phi) is 5.46. The summed E-state index contributed by atoms with van der Waals surface area (Å²) < 4.78 is 5.44. The highest BCUT2D eigenvalue weighted by atomic mass is 16.5. The minimum absolute atomic E-state index is 0.0720. The molecule has 2 aromatic rings. The van der Waals surface area contributed by atoms with Gasteiger partial charge in [-0.2, -0.15) is 0 Å². The van der Waals surface area contributed by atoms with Crippen molar-refractivity contribution in [3.63, 3.8) is 0 Å². The van der Waals surface area contributed by atoms with Crippen LogP contribution < -0.4 is 0 Å². The molecule has 0 saturated carbocycles. The second-order valence-electron chi connectivity index (χ2n) is 7.39. The fourth-order valence-corrected chi connectivity index (χ4v) is 4.05. The van der Waals surface area contributed by atoms with Gasteiger partial charge in [-0.1, -0.05) is 24.3 Å². The predicted molar refractivity (Wildman–Crippen MR) is 102 cm³/mol. The van der Waals surface area contributed by atoms with Crippen LogP contribution in [0.3, 0.4) is 0 Å². The quantitative estimate of drug-likeness (QED) is 0.851. The van der Waals surface area contributed by atoms with E-state index in [0.717, 1.165) is 69.7 Å². The molecule has 0 radical (unpaired) electrons. The minimum atomic E-state index is 0.0720. The molecule has 5 nitrogen and oxygen atoms in total. The number of ether oxygens (including phenoxy) is 1. The van der Waals surface area contributed by atoms with Gasteiger partial charge >= 0.3 is 0 Å². The summed E-state index contributed by atoms with van der Waals surface area (Å²) in [6.45, 7) is 6.60. The summed E-state index contributed by atoms with van der Waals surface area (Å²) in [5.41, 5.74) is 1.45. The molecular weight excluding hydrogens is 326 g/mol. The molecule has 26 heavy (non-hydrogen) atoms. The fraction of sp³-hybridized carbons (Fsp3) is 0.524. The van der Waals surface area contributed by atoms with Gasteiger partial charge in [-0.3, -0.25) is 9.69 Å². The fourth-order valence-electron chi connectivity index (χ4n) is 4.05. The standard InChI is InChI=1S/C21H27N3O2/c25-21(20-8-7-18-5-1-2-6-19(18)22-20)24-10-3-4-17(9-11-24)16-23-12-14-26-15-13-23/h1-2,5-8,17H,3-4,9-16H2. The van der Waals surface area contributed by atoms with E-state index in [9.17, 15) is 4.79 Å². The van der Waals surface area contributed by atoms with Crippen molar-refractivity contribution in [2.75, 3.05) is 45.9 Å². The van der Waals surface area contributed by atoms with E-state index in [2.05, 4.69) is 9.88 Å². The Morgan fingerprint density at radius 2 is 1.88 bits per heavy atom. The predicted octanol–water partition coefficient (Wildman–Crippen LogP) is 2.81. The number of nitrogens with zero attached hydrogens (tertiary/aromatic N) is 3. The number of benzene rings is 1. The molecule has 4 rings (SSSR count). The third-order valence-electron chi connectivity index (χ3n) is 5.57. The van der Waals surface area contributed by atoms with Crippen LogP contribution in [0.25, 0.3) is 10.9 Å². The Labute approximate surface area is 154 Å². The summed E-state index contributed by atoms with van der Waals surface area (Å²) in [7, 11) is 0. The molecule has 5 heteroatoms. The van der Waals surface area contributed by atoms with Gasteiger partial charge in [-0.15, -0.1) is 0 Å². The molecule has 138 valence electrons. The number of morpholine rings is 1. The van der Waals surface area contributed by atoms with Crippen LogP contribution in [0, 0.1) is 5.92 Å². The van der Waals surface area contributed by atoms with Gasteiger partial charge in [0.05, 0.1) is 18.7 Å². The van der Waals surface area contributed by atoms with Crippen LogP contribution in [0.2, 0.25) is 0 Å². The molecule has 0 N–H and O–H groups in total. The molecular formula is C21H27N3O2. The Morgan fingerprint density at radius 3 is 2.77 bits per heavy atom. The number of carbonyl (C=O) groups is 1. The number of para-hydroxylation sites is 1. The van der Waals surface area contributed by atoms with Crippen molar-refractivity contribution in [3.05, 3.63) is 42.1 Å². The number of carbonyl (C=O) groups excluding carboxylic acids is 1. The van der Waals surface area contributed by atoms with E-state index in [4.69, 9.17) is 4.74 Å².